The van der Waals surface area contributed by atoms with Gasteiger partial charge in [-0.1, -0.05) is 0 Å². The Labute approximate surface area is 181 Å². The highest BCUT2D eigenvalue weighted by Gasteiger charge is 2.21. The number of guanidine groups is 1. The first-order valence-corrected chi connectivity index (χ1v) is 9.22. The molecule has 0 aromatic carbocycles. The Bertz CT molecular complexity index is 670. The van der Waals surface area contributed by atoms with Crippen LogP contribution in [0.25, 0.3) is 0 Å². The van der Waals surface area contributed by atoms with Crippen molar-refractivity contribution in [1.82, 2.24) is 15.6 Å². The Morgan fingerprint density at radius 3 is 2.48 bits per heavy atom. The molecule has 0 aliphatic heterocycles. The van der Waals surface area contributed by atoms with Crippen molar-refractivity contribution in [1.29, 1.82) is 0 Å². The fraction of sp³-hybridized carbons (Fsp3) is 0.647. The zero-order valence-corrected chi connectivity index (χ0v) is 20.0. The molecule has 0 spiro atoms. The number of halogens is 1. The largest absolute Gasteiger partial charge is 0.462 e. The average Bonchev–Trinajstić information content (AvgIpc) is 2.92. The molecule has 0 bridgehead atoms. The van der Waals surface area contributed by atoms with E-state index in [4.69, 9.17) is 9.47 Å². The molecular weight excluding hydrogens is 483 g/mol. The van der Waals surface area contributed by atoms with Crippen molar-refractivity contribution in [2.45, 2.75) is 53.2 Å². The van der Waals surface area contributed by atoms with Gasteiger partial charge in [0, 0.05) is 7.05 Å². The molecule has 1 unspecified atom stereocenters. The van der Waals surface area contributed by atoms with E-state index in [0.29, 0.717) is 23.1 Å². The van der Waals surface area contributed by atoms with E-state index in [2.05, 4.69) is 20.6 Å². The minimum Gasteiger partial charge on any atom is -0.462 e. The minimum absolute atomic E-state index is 0. The summed E-state index contributed by atoms with van der Waals surface area (Å²) in [5.74, 6) is -0.301. The monoisotopic (exact) mass is 512 g/mol. The number of ether oxygens (including phenoxy) is 2. The van der Waals surface area contributed by atoms with Crippen molar-refractivity contribution in [3.05, 3.63) is 15.6 Å². The first kappa shape index (κ1) is 25.6. The summed E-state index contributed by atoms with van der Waals surface area (Å²) < 4.78 is 10.3. The number of nitrogens with zero attached hydrogens (tertiary/aromatic N) is 2. The SMILES string of the molecule is CCOC(=O)c1sc(C(C)NC(=NC)NCC(=O)OC(C)(C)C)nc1C.I. The lowest BCUT2D eigenvalue weighted by Crippen LogP contribution is -2.42. The number of carbonyl (C=O) groups is 2. The first-order chi connectivity index (χ1) is 12.1. The Hall–Kier alpha value is -1.43. The molecule has 10 heteroatoms. The molecule has 0 aliphatic carbocycles. The molecule has 0 saturated carbocycles. The maximum absolute atomic E-state index is 11.9. The summed E-state index contributed by atoms with van der Waals surface area (Å²) >= 11 is 1.28. The van der Waals surface area contributed by atoms with Crippen LogP contribution >= 0.6 is 35.3 Å². The van der Waals surface area contributed by atoms with Crippen LogP contribution in [0.15, 0.2) is 4.99 Å². The van der Waals surface area contributed by atoms with Crippen LogP contribution < -0.4 is 10.6 Å². The summed E-state index contributed by atoms with van der Waals surface area (Å²) in [5, 5.41) is 6.77. The standard InChI is InChI=1S/C17H28N4O4S.HI/c1-8-24-15(23)13-10(2)20-14(26-13)11(3)21-16(18-7)19-9-12(22)25-17(4,5)6;/h11H,8-9H2,1-7H3,(H2,18,19,21);1H. The second-order valence-electron chi connectivity index (χ2n) is 6.57. The van der Waals surface area contributed by atoms with Crippen molar-refractivity contribution >= 4 is 53.2 Å². The summed E-state index contributed by atoms with van der Waals surface area (Å²) in [6, 6.07) is -0.202. The van der Waals surface area contributed by atoms with Crippen molar-refractivity contribution in [2.75, 3.05) is 20.2 Å². The lowest BCUT2D eigenvalue weighted by Gasteiger charge is -2.20. The molecular formula is C17H29IN4O4S. The molecule has 8 nitrogen and oxygen atoms in total. The number of nitrogens with one attached hydrogen (secondary N) is 2. The van der Waals surface area contributed by atoms with Gasteiger partial charge in [-0.2, -0.15) is 0 Å². The molecule has 27 heavy (non-hydrogen) atoms. The van der Waals surface area contributed by atoms with E-state index >= 15 is 0 Å². The van der Waals surface area contributed by atoms with Crippen molar-refractivity contribution in [3.63, 3.8) is 0 Å². The van der Waals surface area contributed by atoms with Gasteiger partial charge in [0.2, 0.25) is 0 Å². The quantitative estimate of drug-likeness (QED) is 0.262. The second-order valence-corrected chi connectivity index (χ2v) is 7.60. The van der Waals surface area contributed by atoms with Crippen LogP contribution in [0, 0.1) is 6.92 Å². The molecule has 1 rings (SSSR count). The van der Waals surface area contributed by atoms with Crippen LogP contribution in [0.1, 0.15) is 61.0 Å². The number of hydrogen-bond donors (Lipinski definition) is 2. The number of hydrogen-bond acceptors (Lipinski definition) is 7. The number of esters is 2. The molecule has 0 aliphatic rings. The van der Waals surface area contributed by atoms with Crippen LogP contribution in [-0.2, 0) is 14.3 Å². The molecule has 0 radical (unpaired) electrons. The topological polar surface area (TPSA) is 102 Å². The minimum atomic E-state index is -0.537. The predicted molar refractivity (Wildman–Crippen MR) is 117 cm³/mol. The van der Waals surface area contributed by atoms with Crippen LogP contribution in [0.2, 0.25) is 0 Å². The third-order valence-corrected chi connectivity index (χ3v) is 4.36. The van der Waals surface area contributed by atoms with Crippen LogP contribution in [0.4, 0.5) is 0 Å². The van der Waals surface area contributed by atoms with Gasteiger partial charge in [-0.15, -0.1) is 35.3 Å². The maximum atomic E-state index is 11.9. The first-order valence-electron chi connectivity index (χ1n) is 8.40. The smallest absolute Gasteiger partial charge is 0.350 e. The van der Waals surface area contributed by atoms with Crippen LogP contribution in [0.5, 0.6) is 0 Å². The van der Waals surface area contributed by atoms with Crippen molar-refractivity contribution < 1.29 is 19.1 Å². The van der Waals surface area contributed by atoms with Gasteiger partial charge >= 0.3 is 11.9 Å². The summed E-state index contributed by atoms with van der Waals surface area (Å²) in [5.41, 5.74) is 0.0964. The third-order valence-electron chi connectivity index (χ3n) is 3.04. The van der Waals surface area contributed by atoms with Crippen molar-refractivity contribution in [2.24, 2.45) is 4.99 Å². The number of rotatable bonds is 6. The Balaban J connectivity index is 0.00000676. The van der Waals surface area contributed by atoms with Gasteiger partial charge in [-0.3, -0.25) is 9.79 Å². The number of aromatic nitrogens is 1. The molecule has 1 atom stereocenters. The molecule has 0 amide bonds. The second kappa shape index (κ2) is 11.4. The van der Waals surface area contributed by atoms with E-state index in [9.17, 15) is 9.59 Å². The van der Waals surface area contributed by atoms with Gasteiger partial charge in [-0.05, 0) is 41.5 Å². The van der Waals surface area contributed by atoms with E-state index in [1.165, 1.54) is 11.3 Å². The number of carbonyl (C=O) groups excluding carboxylic acids is 2. The predicted octanol–water partition coefficient (Wildman–Crippen LogP) is 2.81. The van der Waals surface area contributed by atoms with Gasteiger partial charge in [0.05, 0.1) is 18.3 Å². The molecule has 1 aromatic heterocycles. The van der Waals surface area contributed by atoms with Gasteiger partial charge < -0.3 is 20.1 Å². The molecule has 0 fully saturated rings. The van der Waals surface area contributed by atoms with Crippen molar-refractivity contribution in [3.8, 4) is 0 Å². The van der Waals surface area contributed by atoms with Crippen LogP contribution in [0.3, 0.4) is 0 Å². The summed E-state index contributed by atoms with van der Waals surface area (Å²) in [6.07, 6.45) is 0. The Kier molecular flexibility index (Phi) is 10.8. The van der Waals surface area contributed by atoms with E-state index < -0.39 is 5.60 Å². The van der Waals surface area contributed by atoms with Crippen LogP contribution in [-0.4, -0.2) is 48.7 Å². The fourth-order valence-corrected chi connectivity index (χ4v) is 2.95. The third kappa shape index (κ3) is 8.87. The number of aryl methyl sites for hydroxylation is 1. The zero-order valence-electron chi connectivity index (χ0n) is 16.8. The maximum Gasteiger partial charge on any atom is 0.350 e. The van der Waals surface area contributed by atoms with Gasteiger partial charge in [0.25, 0.3) is 0 Å². The number of aliphatic imine (C=N–C) groups is 1. The summed E-state index contributed by atoms with van der Waals surface area (Å²) in [6.45, 7) is 11.2. The fourth-order valence-electron chi connectivity index (χ4n) is 1.98. The molecule has 154 valence electrons. The van der Waals surface area contributed by atoms with Gasteiger partial charge in [0.15, 0.2) is 5.96 Å². The highest BCUT2D eigenvalue weighted by molar-refractivity contribution is 14.0. The lowest BCUT2D eigenvalue weighted by atomic mass is 10.2. The summed E-state index contributed by atoms with van der Waals surface area (Å²) in [7, 11) is 1.61. The van der Waals surface area contributed by atoms with E-state index in [0.717, 1.165) is 5.01 Å². The zero-order chi connectivity index (χ0) is 19.9. The highest BCUT2D eigenvalue weighted by atomic mass is 127. The van der Waals surface area contributed by atoms with E-state index in [1.807, 2.05) is 27.7 Å². The Morgan fingerprint density at radius 1 is 1.33 bits per heavy atom. The Morgan fingerprint density at radius 2 is 1.96 bits per heavy atom. The summed E-state index contributed by atoms with van der Waals surface area (Å²) in [4.78, 5) is 32.7. The average molecular weight is 512 g/mol. The van der Waals surface area contributed by atoms with E-state index in [1.54, 1.807) is 20.9 Å². The highest BCUT2D eigenvalue weighted by Crippen LogP contribution is 2.24. The normalized spacial score (nSPS) is 12.6. The lowest BCUT2D eigenvalue weighted by molar-refractivity contribution is -0.153. The molecule has 1 heterocycles. The van der Waals surface area contributed by atoms with Gasteiger partial charge in [0.1, 0.15) is 22.0 Å². The van der Waals surface area contributed by atoms with E-state index in [-0.39, 0.29) is 48.5 Å². The molecule has 1 aromatic rings. The van der Waals surface area contributed by atoms with Gasteiger partial charge in [-0.25, -0.2) is 9.78 Å². The molecule has 0 saturated heterocycles. The molecule has 2 N–H and O–H groups in total. The number of thiazole rings is 1.